The third-order valence-electron chi connectivity index (χ3n) is 3.99. The van der Waals surface area contributed by atoms with Crippen LogP contribution in [0.15, 0.2) is 12.2 Å². The van der Waals surface area contributed by atoms with Gasteiger partial charge in [0.15, 0.2) is 5.78 Å². The van der Waals surface area contributed by atoms with Gasteiger partial charge in [-0.3, -0.25) is 9.59 Å². The first-order chi connectivity index (χ1) is 10.1. The maximum absolute atomic E-state index is 12.0. The summed E-state index contributed by atoms with van der Waals surface area (Å²) in [5.41, 5.74) is 0. The Kier molecular flexibility index (Phi) is 8.99. The molecular weight excluding hydrogens is 266 g/mol. The van der Waals surface area contributed by atoms with Crippen molar-refractivity contribution in [2.45, 2.75) is 76.9 Å². The highest BCUT2D eigenvalue weighted by Gasteiger charge is 2.15. The molecule has 0 aliphatic carbocycles. The zero-order valence-corrected chi connectivity index (χ0v) is 13.4. The van der Waals surface area contributed by atoms with Crippen molar-refractivity contribution in [3.63, 3.8) is 0 Å². The van der Waals surface area contributed by atoms with E-state index in [0.717, 1.165) is 32.1 Å². The molecule has 0 aromatic carbocycles. The monoisotopic (exact) mass is 295 g/mol. The average molecular weight is 295 g/mol. The number of carbonyl (C=O) groups is 2. The van der Waals surface area contributed by atoms with Crippen molar-refractivity contribution < 1.29 is 14.3 Å². The number of carbonyl (C=O) groups excluding carboxylic acids is 2. The van der Waals surface area contributed by atoms with E-state index in [0.29, 0.717) is 0 Å². The van der Waals surface area contributed by atoms with Gasteiger partial charge in [-0.05, 0) is 25.8 Å². The van der Waals surface area contributed by atoms with Crippen molar-refractivity contribution in [1.29, 1.82) is 0 Å². The molecule has 21 heavy (non-hydrogen) atoms. The Balaban J connectivity index is 2.58. The van der Waals surface area contributed by atoms with Crippen LogP contribution in [-0.4, -0.2) is 30.9 Å². The molecule has 120 valence electrons. The van der Waals surface area contributed by atoms with E-state index in [2.05, 4.69) is 5.32 Å². The number of ketones is 1. The van der Waals surface area contributed by atoms with E-state index in [4.69, 9.17) is 4.74 Å². The summed E-state index contributed by atoms with van der Waals surface area (Å²) in [4.78, 5) is 23.7. The van der Waals surface area contributed by atoms with Gasteiger partial charge in [0.2, 0.25) is 5.91 Å². The second kappa shape index (κ2) is 10.6. The fourth-order valence-corrected chi connectivity index (χ4v) is 2.67. The lowest BCUT2D eigenvalue weighted by Gasteiger charge is -2.14. The number of hydrogen-bond donors (Lipinski definition) is 1. The Morgan fingerprint density at radius 1 is 0.952 bits per heavy atom. The third kappa shape index (κ3) is 8.00. The fourth-order valence-electron chi connectivity index (χ4n) is 2.67. The number of nitrogens with one attached hydrogen (secondary N) is 1. The smallest absolute Gasteiger partial charge is 0.244 e. The molecule has 0 unspecified atom stereocenters. The van der Waals surface area contributed by atoms with Gasteiger partial charge in [0.1, 0.15) is 6.10 Å². The topological polar surface area (TPSA) is 55.4 Å². The van der Waals surface area contributed by atoms with Gasteiger partial charge in [-0.25, -0.2) is 0 Å². The quantitative estimate of drug-likeness (QED) is 0.808. The minimum absolute atomic E-state index is 0.118. The first-order valence-corrected chi connectivity index (χ1v) is 8.18. The molecule has 0 aromatic rings. The van der Waals surface area contributed by atoms with Crippen LogP contribution < -0.4 is 5.32 Å². The summed E-state index contributed by atoms with van der Waals surface area (Å²) < 4.78 is 5.23. The molecule has 1 rings (SSSR count). The molecule has 4 heteroatoms. The molecule has 2 atom stereocenters. The molecule has 0 fully saturated rings. The van der Waals surface area contributed by atoms with E-state index >= 15 is 0 Å². The SMILES string of the molecule is CO[C@H]1CCCCCCCCC[C@@H](C)NC(=O)/C=C\C1=O. The number of rotatable bonds is 1. The molecule has 1 amide bonds. The van der Waals surface area contributed by atoms with Gasteiger partial charge < -0.3 is 10.1 Å². The highest BCUT2D eigenvalue weighted by Crippen LogP contribution is 2.13. The van der Waals surface area contributed by atoms with Gasteiger partial charge in [-0.2, -0.15) is 0 Å². The van der Waals surface area contributed by atoms with E-state index in [1.54, 1.807) is 7.11 Å². The molecule has 1 heterocycles. The summed E-state index contributed by atoms with van der Waals surface area (Å²) in [6.45, 7) is 2.01. The van der Waals surface area contributed by atoms with Crippen molar-refractivity contribution >= 4 is 11.7 Å². The second-order valence-electron chi connectivity index (χ2n) is 5.92. The minimum Gasteiger partial charge on any atom is -0.373 e. The Morgan fingerprint density at radius 3 is 2.14 bits per heavy atom. The van der Waals surface area contributed by atoms with Crippen LogP contribution in [0.2, 0.25) is 0 Å². The highest BCUT2D eigenvalue weighted by molar-refractivity contribution is 5.99. The van der Waals surface area contributed by atoms with Crippen LogP contribution in [0, 0.1) is 0 Å². The molecule has 0 spiro atoms. The van der Waals surface area contributed by atoms with Gasteiger partial charge in [0, 0.05) is 19.2 Å². The number of ether oxygens (including phenoxy) is 1. The second-order valence-corrected chi connectivity index (χ2v) is 5.92. The van der Waals surface area contributed by atoms with E-state index in [-0.39, 0.29) is 17.7 Å². The molecule has 0 saturated carbocycles. The zero-order valence-electron chi connectivity index (χ0n) is 13.4. The first-order valence-electron chi connectivity index (χ1n) is 8.18. The van der Waals surface area contributed by atoms with Crippen LogP contribution >= 0.6 is 0 Å². The molecule has 1 aliphatic rings. The van der Waals surface area contributed by atoms with Crippen LogP contribution in [0.25, 0.3) is 0 Å². The van der Waals surface area contributed by atoms with Gasteiger partial charge in [-0.15, -0.1) is 0 Å². The fraction of sp³-hybridized carbons (Fsp3) is 0.765. The standard InChI is InChI=1S/C17H29NO3/c1-14-10-8-6-4-3-5-7-9-11-16(21-2)15(19)12-13-17(20)18-14/h12-14,16H,3-11H2,1-2H3,(H,18,20)/b13-12-/t14-,16+/m1/s1. The van der Waals surface area contributed by atoms with E-state index in [9.17, 15) is 9.59 Å². The number of methoxy groups -OCH3 is 1. The van der Waals surface area contributed by atoms with Crippen molar-refractivity contribution in [1.82, 2.24) is 5.32 Å². The van der Waals surface area contributed by atoms with Crippen LogP contribution in [0.5, 0.6) is 0 Å². The zero-order chi connectivity index (χ0) is 15.5. The lowest BCUT2D eigenvalue weighted by atomic mass is 10.0. The maximum Gasteiger partial charge on any atom is 0.244 e. The summed E-state index contributed by atoms with van der Waals surface area (Å²) in [7, 11) is 1.55. The van der Waals surface area contributed by atoms with Crippen molar-refractivity contribution in [3.8, 4) is 0 Å². The van der Waals surface area contributed by atoms with E-state index in [1.165, 1.54) is 37.8 Å². The molecular formula is C17H29NO3. The summed E-state index contributed by atoms with van der Waals surface area (Å²) in [5, 5.41) is 2.90. The molecule has 4 nitrogen and oxygen atoms in total. The van der Waals surface area contributed by atoms with Gasteiger partial charge in [0.25, 0.3) is 0 Å². The molecule has 0 saturated heterocycles. The molecule has 1 N–H and O–H groups in total. The predicted molar refractivity (Wildman–Crippen MR) is 84.1 cm³/mol. The normalized spacial score (nSPS) is 28.9. The van der Waals surface area contributed by atoms with Crippen molar-refractivity contribution in [2.75, 3.05) is 7.11 Å². The third-order valence-corrected chi connectivity index (χ3v) is 3.99. The largest absolute Gasteiger partial charge is 0.373 e. The molecule has 0 radical (unpaired) electrons. The molecule has 1 aliphatic heterocycles. The number of hydrogen-bond acceptors (Lipinski definition) is 3. The minimum atomic E-state index is -0.417. The lowest BCUT2D eigenvalue weighted by molar-refractivity contribution is -0.124. The van der Waals surface area contributed by atoms with Gasteiger partial charge >= 0.3 is 0 Å². The lowest BCUT2D eigenvalue weighted by Crippen LogP contribution is -2.31. The molecule has 0 bridgehead atoms. The van der Waals surface area contributed by atoms with Gasteiger partial charge in [0.05, 0.1) is 0 Å². The predicted octanol–water partition coefficient (Wildman–Crippen LogP) is 3.16. The Hall–Kier alpha value is -1.16. The van der Waals surface area contributed by atoms with Crippen LogP contribution in [-0.2, 0) is 14.3 Å². The van der Waals surface area contributed by atoms with E-state index in [1.807, 2.05) is 6.92 Å². The van der Waals surface area contributed by atoms with Crippen molar-refractivity contribution in [2.24, 2.45) is 0 Å². The maximum atomic E-state index is 12.0. The molecule has 0 aromatic heterocycles. The summed E-state index contributed by atoms with van der Waals surface area (Å²) in [6.07, 6.45) is 12.3. The van der Waals surface area contributed by atoms with Crippen LogP contribution in [0.4, 0.5) is 0 Å². The van der Waals surface area contributed by atoms with Crippen LogP contribution in [0.1, 0.15) is 64.7 Å². The Morgan fingerprint density at radius 2 is 1.52 bits per heavy atom. The van der Waals surface area contributed by atoms with Crippen molar-refractivity contribution in [3.05, 3.63) is 12.2 Å². The highest BCUT2D eigenvalue weighted by atomic mass is 16.5. The van der Waals surface area contributed by atoms with E-state index < -0.39 is 6.10 Å². The Labute approximate surface area is 128 Å². The summed E-state index contributed by atoms with van der Waals surface area (Å²) >= 11 is 0. The summed E-state index contributed by atoms with van der Waals surface area (Å²) in [6, 6.07) is 0.156. The van der Waals surface area contributed by atoms with Gasteiger partial charge in [-0.1, -0.05) is 44.9 Å². The summed E-state index contributed by atoms with van der Waals surface area (Å²) in [5.74, 6) is -0.315. The number of amides is 1. The van der Waals surface area contributed by atoms with Crippen LogP contribution in [0.3, 0.4) is 0 Å². The Bertz CT molecular complexity index is 352. The first kappa shape index (κ1) is 17.9. The average Bonchev–Trinajstić information content (AvgIpc) is 2.46.